The van der Waals surface area contributed by atoms with Gasteiger partial charge in [-0.3, -0.25) is 19.1 Å². The Morgan fingerprint density at radius 1 is 1.14 bits per heavy atom. The molecular formula is C13H9N2O5S-. The normalized spacial score (nSPS) is 11.7. The van der Waals surface area contributed by atoms with Gasteiger partial charge >= 0.3 is 0 Å². The maximum atomic E-state index is 11.0. The summed E-state index contributed by atoms with van der Waals surface area (Å²) >= 11 is -2.59. The summed E-state index contributed by atoms with van der Waals surface area (Å²) in [6.45, 7) is 0. The van der Waals surface area contributed by atoms with Crippen molar-refractivity contribution in [2.45, 2.75) is 0 Å². The number of hydrogen-bond donors (Lipinski definition) is 1. The lowest BCUT2D eigenvalue weighted by atomic mass is 10.0. The molecule has 0 aromatic heterocycles. The van der Waals surface area contributed by atoms with Crippen molar-refractivity contribution in [2.75, 3.05) is 4.72 Å². The average Bonchev–Trinajstić information content (AvgIpc) is 2.47. The van der Waals surface area contributed by atoms with Gasteiger partial charge in [-0.2, -0.15) is 0 Å². The van der Waals surface area contributed by atoms with Gasteiger partial charge in [0.25, 0.3) is 5.69 Å². The van der Waals surface area contributed by atoms with Gasteiger partial charge < -0.3 is 9.27 Å². The standard InChI is InChI=1S/C13H10N2O5S/c16-8-10-2-1-3-12(13(10)14-21(19)20)9-4-6-11(7-5-9)15(17)18/h1-8,14H,(H,19,20)/p-1. The molecule has 1 N–H and O–H groups in total. The van der Waals surface area contributed by atoms with Gasteiger partial charge in [0.1, 0.15) is 0 Å². The van der Waals surface area contributed by atoms with Crippen molar-refractivity contribution < 1.29 is 18.5 Å². The SMILES string of the molecule is O=Cc1cccc(-c2ccc([N+](=O)[O-])cc2)c1NS(=O)[O-]. The molecule has 0 heterocycles. The second kappa shape index (κ2) is 6.25. The van der Waals surface area contributed by atoms with Crippen LogP contribution in [0.2, 0.25) is 0 Å². The van der Waals surface area contributed by atoms with E-state index in [1.165, 1.54) is 30.3 Å². The van der Waals surface area contributed by atoms with E-state index in [4.69, 9.17) is 0 Å². The molecule has 2 rings (SSSR count). The zero-order chi connectivity index (χ0) is 15.4. The Morgan fingerprint density at radius 3 is 2.33 bits per heavy atom. The average molecular weight is 305 g/mol. The van der Waals surface area contributed by atoms with E-state index in [0.717, 1.165) is 0 Å². The molecule has 0 spiro atoms. The van der Waals surface area contributed by atoms with E-state index in [1.54, 1.807) is 12.1 Å². The number of carbonyl (C=O) groups is 1. The highest BCUT2D eigenvalue weighted by Crippen LogP contribution is 2.31. The fourth-order valence-electron chi connectivity index (χ4n) is 1.87. The molecule has 0 aliphatic rings. The minimum absolute atomic E-state index is 0.0767. The molecule has 1 atom stereocenters. The Balaban J connectivity index is 2.54. The topological polar surface area (TPSA) is 112 Å². The first-order valence-corrected chi connectivity index (χ1v) is 6.79. The molecular weight excluding hydrogens is 296 g/mol. The highest BCUT2D eigenvalue weighted by atomic mass is 32.2. The summed E-state index contributed by atoms with van der Waals surface area (Å²) in [5, 5.41) is 10.6. The van der Waals surface area contributed by atoms with Crippen molar-refractivity contribution in [3.8, 4) is 11.1 Å². The van der Waals surface area contributed by atoms with Crippen LogP contribution in [-0.4, -0.2) is 20.0 Å². The Labute approximate surface area is 122 Å². The molecule has 0 aliphatic heterocycles. The Morgan fingerprint density at radius 2 is 1.81 bits per heavy atom. The number of nitro benzene ring substituents is 1. The number of nitro groups is 1. The first kappa shape index (κ1) is 14.8. The lowest BCUT2D eigenvalue weighted by Gasteiger charge is -2.15. The zero-order valence-electron chi connectivity index (χ0n) is 10.5. The number of benzene rings is 2. The van der Waals surface area contributed by atoms with E-state index in [9.17, 15) is 23.7 Å². The minimum atomic E-state index is -2.59. The summed E-state index contributed by atoms with van der Waals surface area (Å²) in [5.41, 5.74) is 1.24. The number of hydrogen-bond acceptors (Lipinski definition) is 5. The molecule has 0 saturated heterocycles. The number of non-ortho nitro benzene ring substituents is 1. The van der Waals surface area contributed by atoms with Crippen LogP contribution < -0.4 is 4.72 Å². The van der Waals surface area contributed by atoms with Gasteiger partial charge in [0, 0.05) is 34.5 Å². The van der Waals surface area contributed by atoms with Gasteiger partial charge in [-0.05, 0) is 23.8 Å². The summed E-state index contributed by atoms with van der Waals surface area (Å²) in [4.78, 5) is 21.1. The number of para-hydroxylation sites is 1. The first-order chi connectivity index (χ1) is 10.0. The third-order valence-electron chi connectivity index (χ3n) is 2.80. The van der Waals surface area contributed by atoms with E-state index in [0.29, 0.717) is 17.4 Å². The van der Waals surface area contributed by atoms with Gasteiger partial charge in [0.05, 0.1) is 10.6 Å². The van der Waals surface area contributed by atoms with E-state index < -0.39 is 16.2 Å². The fourth-order valence-corrected chi connectivity index (χ4v) is 2.26. The molecule has 0 aliphatic carbocycles. The number of nitrogens with zero attached hydrogens (tertiary/aromatic N) is 1. The van der Waals surface area contributed by atoms with Crippen LogP contribution in [-0.2, 0) is 11.3 Å². The molecule has 8 heteroatoms. The first-order valence-electron chi connectivity index (χ1n) is 5.72. The maximum absolute atomic E-state index is 11.0. The van der Waals surface area contributed by atoms with E-state index in [-0.39, 0.29) is 16.9 Å². The van der Waals surface area contributed by atoms with E-state index >= 15 is 0 Å². The summed E-state index contributed by atoms with van der Waals surface area (Å²) in [6.07, 6.45) is 0.532. The number of anilines is 1. The van der Waals surface area contributed by atoms with Crippen molar-refractivity contribution >= 4 is 28.9 Å². The third-order valence-corrected chi connectivity index (χ3v) is 3.17. The maximum Gasteiger partial charge on any atom is 0.269 e. The van der Waals surface area contributed by atoms with Crippen LogP contribution in [0.1, 0.15) is 10.4 Å². The molecule has 21 heavy (non-hydrogen) atoms. The highest BCUT2D eigenvalue weighted by Gasteiger charge is 2.11. The lowest BCUT2D eigenvalue weighted by molar-refractivity contribution is -0.384. The molecule has 0 amide bonds. The molecule has 0 radical (unpaired) electrons. The zero-order valence-corrected chi connectivity index (χ0v) is 11.3. The molecule has 0 bridgehead atoms. The molecule has 0 saturated carbocycles. The van der Waals surface area contributed by atoms with Gasteiger partial charge in [-0.25, -0.2) is 0 Å². The van der Waals surface area contributed by atoms with Crippen LogP contribution >= 0.6 is 0 Å². The Kier molecular flexibility index (Phi) is 4.41. The Bertz CT molecular complexity index is 715. The van der Waals surface area contributed by atoms with Crippen LogP contribution in [0.4, 0.5) is 11.4 Å². The van der Waals surface area contributed by atoms with Gasteiger partial charge in [0.2, 0.25) is 0 Å². The Hall–Kier alpha value is -2.58. The summed E-state index contributed by atoms with van der Waals surface area (Å²) in [5.74, 6) is 0. The molecule has 2 aromatic carbocycles. The quantitative estimate of drug-likeness (QED) is 0.394. The van der Waals surface area contributed by atoms with Crippen molar-refractivity contribution in [3.05, 3.63) is 58.1 Å². The predicted molar refractivity (Wildman–Crippen MR) is 76.5 cm³/mol. The van der Waals surface area contributed by atoms with Gasteiger partial charge in [-0.1, -0.05) is 12.1 Å². The predicted octanol–water partition coefficient (Wildman–Crippen LogP) is 2.28. The molecule has 1 unspecified atom stereocenters. The van der Waals surface area contributed by atoms with Crippen molar-refractivity contribution in [3.63, 3.8) is 0 Å². The molecule has 7 nitrogen and oxygen atoms in total. The highest BCUT2D eigenvalue weighted by molar-refractivity contribution is 7.80. The van der Waals surface area contributed by atoms with Crippen LogP contribution in [0.15, 0.2) is 42.5 Å². The molecule has 0 fully saturated rings. The molecule has 108 valence electrons. The van der Waals surface area contributed by atoms with Crippen LogP contribution in [0.3, 0.4) is 0 Å². The fraction of sp³-hybridized carbons (Fsp3) is 0. The van der Waals surface area contributed by atoms with Crippen molar-refractivity contribution in [1.82, 2.24) is 0 Å². The number of rotatable bonds is 5. The van der Waals surface area contributed by atoms with Crippen LogP contribution in [0.25, 0.3) is 11.1 Å². The smallest absolute Gasteiger partial charge is 0.269 e. The number of aldehydes is 1. The van der Waals surface area contributed by atoms with Gasteiger partial charge in [0.15, 0.2) is 6.29 Å². The van der Waals surface area contributed by atoms with Crippen LogP contribution in [0, 0.1) is 10.1 Å². The number of nitrogens with one attached hydrogen (secondary N) is 1. The summed E-state index contributed by atoms with van der Waals surface area (Å²) in [6, 6.07) is 10.3. The van der Waals surface area contributed by atoms with Crippen molar-refractivity contribution in [2.24, 2.45) is 0 Å². The minimum Gasteiger partial charge on any atom is -0.755 e. The number of carbonyl (C=O) groups excluding carboxylic acids is 1. The van der Waals surface area contributed by atoms with Crippen molar-refractivity contribution in [1.29, 1.82) is 0 Å². The van der Waals surface area contributed by atoms with E-state index in [1.807, 2.05) is 0 Å². The lowest BCUT2D eigenvalue weighted by Crippen LogP contribution is -2.06. The largest absolute Gasteiger partial charge is 0.755 e. The van der Waals surface area contributed by atoms with Crippen LogP contribution in [0.5, 0.6) is 0 Å². The summed E-state index contributed by atoms with van der Waals surface area (Å²) < 4.78 is 23.9. The summed E-state index contributed by atoms with van der Waals surface area (Å²) in [7, 11) is 0. The second-order valence-corrected chi connectivity index (χ2v) is 4.70. The third kappa shape index (κ3) is 3.30. The monoisotopic (exact) mass is 305 g/mol. The molecule has 2 aromatic rings. The second-order valence-electron chi connectivity index (χ2n) is 4.03. The van der Waals surface area contributed by atoms with E-state index in [2.05, 4.69) is 4.72 Å². The van der Waals surface area contributed by atoms with Gasteiger partial charge in [-0.15, -0.1) is 0 Å².